The number of hydrogen-bond acceptors (Lipinski definition) is 3. The summed E-state index contributed by atoms with van der Waals surface area (Å²) in [7, 11) is 0. The lowest BCUT2D eigenvalue weighted by molar-refractivity contribution is -0.122. The molecule has 0 unspecified atom stereocenters. The predicted octanol–water partition coefficient (Wildman–Crippen LogP) is 2.67. The molecule has 0 spiro atoms. The fraction of sp³-hybridized carbons (Fsp3) is 0.650. The maximum Gasteiger partial charge on any atom is 0.234 e. The van der Waals surface area contributed by atoms with Gasteiger partial charge in [-0.3, -0.25) is 14.6 Å². The summed E-state index contributed by atoms with van der Waals surface area (Å²) in [6, 6.07) is 9.04. The topological polar surface area (TPSA) is 35.6 Å². The molecular formula is C20H33N3O. The molecule has 1 aromatic rings. The summed E-state index contributed by atoms with van der Waals surface area (Å²) in [5.41, 5.74) is 2.82. The van der Waals surface area contributed by atoms with Gasteiger partial charge < -0.3 is 5.32 Å². The van der Waals surface area contributed by atoms with E-state index in [2.05, 4.69) is 53.2 Å². The van der Waals surface area contributed by atoms with Gasteiger partial charge in [-0.25, -0.2) is 0 Å². The van der Waals surface area contributed by atoms with Gasteiger partial charge in [0.1, 0.15) is 0 Å². The van der Waals surface area contributed by atoms with Gasteiger partial charge in [-0.15, -0.1) is 0 Å². The van der Waals surface area contributed by atoms with Crippen LogP contribution in [0.15, 0.2) is 24.3 Å². The zero-order valence-electron chi connectivity index (χ0n) is 15.4. The molecule has 0 radical (unpaired) electrons. The summed E-state index contributed by atoms with van der Waals surface area (Å²) in [5.74, 6) is 0.170. The molecule has 0 aliphatic carbocycles. The Kier molecular flexibility index (Phi) is 8.26. The summed E-state index contributed by atoms with van der Waals surface area (Å²) in [4.78, 5) is 16.6. The van der Waals surface area contributed by atoms with Gasteiger partial charge in [0.15, 0.2) is 0 Å². The smallest absolute Gasteiger partial charge is 0.234 e. The molecule has 1 N–H and O–H groups in total. The Labute approximate surface area is 147 Å². The van der Waals surface area contributed by atoms with E-state index in [1.807, 2.05) is 0 Å². The number of aryl methyl sites for hydroxylation is 1. The standard InChI is InChI=1S/C20H33N3O/c1-3-5-11-21-20(24)17-23-14-12-22(13-15-23)16-19-9-7-18(6-4-2)8-10-19/h7-10H,3-6,11-17H2,1-2H3,(H,21,24). The molecular weight excluding hydrogens is 298 g/mol. The molecule has 4 nitrogen and oxygen atoms in total. The van der Waals surface area contributed by atoms with Crippen molar-refractivity contribution in [2.75, 3.05) is 39.3 Å². The maximum atomic E-state index is 11.9. The molecule has 1 aliphatic heterocycles. The minimum absolute atomic E-state index is 0.170. The third-order valence-corrected chi connectivity index (χ3v) is 4.65. The maximum absolute atomic E-state index is 11.9. The van der Waals surface area contributed by atoms with Crippen molar-refractivity contribution in [2.24, 2.45) is 0 Å². The highest BCUT2D eigenvalue weighted by atomic mass is 16.2. The first-order valence-corrected chi connectivity index (χ1v) is 9.50. The van der Waals surface area contributed by atoms with Crippen LogP contribution < -0.4 is 5.32 Å². The Bertz CT molecular complexity index is 478. The van der Waals surface area contributed by atoms with Gasteiger partial charge >= 0.3 is 0 Å². The van der Waals surface area contributed by atoms with Crippen molar-refractivity contribution in [2.45, 2.75) is 46.1 Å². The van der Waals surface area contributed by atoms with Crippen molar-refractivity contribution in [3.05, 3.63) is 35.4 Å². The minimum Gasteiger partial charge on any atom is -0.355 e. The number of nitrogens with one attached hydrogen (secondary N) is 1. The van der Waals surface area contributed by atoms with Crippen molar-refractivity contribution in [3.63, 3.8) is 0 Å². The van der Waals surface area contributed by atoms with Crippen molar-refractivity contribution in [1.29, 1.82) is 0 Å². The van der Waals surface area contributed by atoms with Crippen molar-refractivity contribution in [1.82, 2.24) is 15.1 Å². The molecule has 2 rings (SSSR count). The number of rotatable bonds is 9. The Balaban J connectivity index is 1.67. The molecule has 4 heteroatoms. The van der Waals surface area contributed by atoms with Crippen LogP contribution in [-0.4, -0.2) is 55.0 Å². The monoisotopic (exact) mass is 331 g/mol. The van der Waals surface area contributed by atoms with E-state index >= 15 is 0 Å². The second kappa shape index (κ2) is 10.5. The quantitative estimate of drug-likeness (QED) is 0.707. The number of piperazine rings is 1. The highest BCUT2D eigenvalue weighted by molar-refractivity contribution is 5.77. The van der Waals surface area contributed by atoms with Gasteiger partial charge in [-0.1, -0.05) is 51.0 Å². The van der Waals surface area contributed by atoms with Crippen molar-refractivity contribution < 1.29 is 4.79 Å². The first-order valence-electron chi connectivity index (χ1n) is 9.50. The van der Waals surface area contributed by atoms with Crippen LogP contribution in [0.25, 0.3) is 0 Å². The summed E-state index contributed by atoms with van der Waals surface area (Å²) in [6.45, 7) is 10.8. The third-order valence-electron chi connectivity index (χ3n) is 4.65. The zero-order chi connectivity index (χ0) is 17.2. The minimum atomic E-state index is 0.170. The van der Waals surface area contributed by atoms with Crippen LogP contribution in [0.3, 0.4) is 0 Å². The van der Waals surface area contributed by atoms with E-state index in [9.17, 15) is 4.79 Å². The molecule has 1 saturated heterocycles. The van der Waals surface area contributed by atoms with Crippen LogP contribution in [0.2, 0.25) is 0 Å². The zero-order valence-corrected chi connectivity index (χ0v) is 15.4. The molecule has 1 fully saturated rings. The lowest BCUT2D eigenvalue weighted by atomic mass is 10.1. The van der Waals surface area contributed by atoms with Crippen LogP contribution >= 0.6 is 0 Å². The summed E-state index contributed by atoms with van der Waals surface area (Å²) >= 11 is 0. The number of carbonyl (C=O) groups excluding carboxylic acids is 1. The average Bonchev–Trinajstić information content (AvgIpc) is 2.59. The van der Waals surface area contributed by atoms with Crippen molar-refractivity contribution >= 4 is 5.91 Å². The number of benzene rings is 1. The molecule has 24 heavy (non-hydrogen) atoms. The third kappa shape index (κ3) is 6.62. The van der Waals surface area contributed by atoms with Gasteiger partial charge in [0.2, 0.25) is 5.91 Å². The number of nitrogens with zero attached hydrogens (tertiary/aromatic N) is 2. The second-order valence-corrected chi connectivity index (χ2v) is 6.82. The Morgan fingerprint density at radius 2 is 1.58 bits per heavy atom. The highest BCUT2D eigenvalue weighted by Crippen LogP contribution is 2.11. The lowest BCUT2D eigenvalue weighted by Crippen LogP contribution is -2.49. The fourth-order valence-electron chi connectivity index (χ4n) is 3.13. The Morgan fingerprint density at radius 3 is 2.21 bits per heavy atom. The van der Waals surface area contributed by atoms with E-state index in [1.165, 1.54) is 24.0 Å². The highest BCUT2D eigenvalue weighted by Gasteiger charge is 2.18. The average molecular weight is 332 g/mol. The number of unbranched alkanes of at least 4 members (excludes halogenated alkanes) is 1. The predicted molar refractivity (Wildman–Crippen MR) is 100 cm³/mol. The largest absolute Gasteiger partial charge is 0.355 e. The van der Waals surface area contributed by atoms with Crippen LogP contribution in [0.5, 0.6) is 0 Å². The van der Waals surface area contributed by atoms with Gasteiger partial charge in [-0.2, -0.15) is 0 Å². The molecule has 1 aromatic carbocycles. The van der Waals surface area contributed by atoms with E-state index < -0.39 is 0 Å². The molecule has 1 amide bonds. The van der Waals surface area contributed by atoms with Gasteiger partial charge in [-0.05, 0) is 24.0 Å². The number of amides is 1. The molecule has 0 bridgehead atoms. The van der Waals surface area contributed by atoms with E-state index in [1.54, 1.807) is 0 Å². The van der Waals surface area contributed by atoms with E-state index in [4.69, 9.17) is 0 Å². The SMILES string of the molecule is CCCCNC(=O)CN1CCN(Cc2ccc(CCC)cc2)CC1. The molecule has 0 aromatic heterocycles. The molecule has 134 valence electrons. The molecule has 0 atom stereocenters. The molecule has 1 heterocycles. The summed E-state index contributed by atoms with van der Waals surface area (Å²) < 4.78 is 0. The Hall–Kier alpha value is -1.39. The van der Waals surface area contributed by atoms with Crippen LogP contribution in [0.1, 0.15) is 44.2 Å². The molecule has 1 aliphatic rings. The van der Waals surface area contributed by atoms with E-state index in [-0.39, 0.29) is 5.91 Å². The van der Waals surface area contributed by atoms with Gasteiger partial charge in [0.25, 0.3) is 0 Å². The summed E-state index contributed by atoms with van der Waals surface area (Å²) in [5, 5.41) is 3.00. The first-order chi connectivity index (χ1) is 11.7. The number of hydrogen-bond donors (Lipinski definition) is 1. The van der Waals surface area contributed by atoms with Crippen molar-refractivity contribution in [3.8, 4) is 0 Å². The van der Waals surface area contributed by atoms with E-state index in [0.29, 0.717) is 6.54 Å². The van der Waals surface area contributed by atoms with Crippen LogP contribution in [-0.2, 0) is 17.8 Å². The fourth-order valence-corrected chi connectivity index (χ4v) is 3.13. The summed E-state index contributed by atoms with van der Waals surface area (Å²) in [6.07, 6.45) is 4.56. The Morgan fingerprint density at radius 1 is 0.958 bits per heavy atom. The number of carbonyl (C=O) groups is 1. The van der Waals surface area contributed by atoms with E-state index in [0.717, 1.165) is 52.1 Å². The first kappa shape index (κ1) is 18.9. The second-order valence-electron chi connectivity index (χ2n) is 6.82. The van der Waals surface area contributed by atoms with Gasteiger partial charge in [0.05, 0.1) is 6.54 Å². The van der Waals surface area contributed by atoms with Gasteiger partial charge in [0, 0.05) is 39.3 Å². The van der Waals surface area contributed by atoms with Crippen LogP contribution in [0, 0.1) is 0 Å². The lowest BCUT2D eigenvalue weighted by Gasteiger charge is -2.34. The normalized spacial score (nSPS) is 16.2. The van der Waals surface area contributed by atoms with Crippen LogP contribution in [0.4, 0.5) is 0 Å². The molecule has 0 saturated carbocycles.